The molecule has 0 aliphatic carbocycles. The van der Waals surface area contributed by atoms with E-state index >= 15 is 0 Å². The van der Waals surface area contributed by atoms with Crippen molar-refractivity contribution in [3.05, 3.63) is 89.5 Å². The summed E-state index contributed by atoms with van der Waals surface area (Å²) in [6.45, 7) is 0.393. The van der Waals surface area contributed by atoms with Crippen molar-refractivity contribution in [1.82, 2.24) is 5.43 Å². The molecule has 0 atom stereocenters. The van der Waals surface area contributed by atoms with Gasteiger partial charge in [-0.25, -0.2) is 5.43 Å². The molecule has 0 bridgehead atoms. The highest BCUT2D eigenvalue weighted by molar-refractivity contribution is 5.97. The molecular weight excluding hydrogens is 344 g/mol. The molecule has 0 unspecified atom stereocenters. The van der Waals surface area contributed by atoms with Crippen LogP contribution < -0.4 is 10.2 Å². The third-order valence-electron chi connectivity index (χ3n) is 3.77. The van der Waals surface area contributed by atoms with Gasteiger partial charge >= 0.3 is 0 Å². The van der Waals surface area contributed by atoms with E-state index in [1.54, 1.807) is 24.3 Å². The summed E-state index contributed by atoms with van der Waals surface area (Å²) in [5, 5.41) is 23.5. The van der Waals surface area contributed by atoms with Crippen LogP contribution in [0, 0.1) is 0 Å². The van der Waals surface area contributed by atoms with E-state index in [0.29, 0.717) is 17.9 Å². The molecule has 0 aliphatic heterocycles. The summed E-state index contributed by atoms with van der Waals surface area (Å²) in [5.74, 6) is -0.188. The first-order valence-electron chi connectivity index (χ1n) is 8.24. The molecule has 3 N–H and O–H groups in total. The molecule has 27 heavy (non-hydrogen) atoms. The molecule has 3 aromatic rings. The Morgan fingerprint density at radius 1 is 0.963 bits per heavy atom. The first kappa shape index (κ1) is 18.0. The Balaban J connectivity index is 1.59. The lowest BCUT2D eigenvalue weighted by molar-refractivity contribution is 0.0952. The van der Waals surface area contributed by atoms with E-state index in [-0.39, 0.29) is 17.1 Å². The highest BCUT2D eigenvalue weighted by Gasteiger charge is 2.09. The summed E-state index contributed by atoms with van der Waals surface area (Å²) < 4.78 is 5.64. The molecule has 0 fully saturated rings. The normalized spacial score (nSPS) is 10.7. The molecule has 0 saturated carbocycles. The molecule has 3 rings (SSSR count). The smallest absolute Gasteiger partial charge is 0.275 e. The molecule has 0 heterocycles. The molecular formula is C21H18N2O4. The largest absolute Gasteiger partial charge is 0.507 e. The first-order chi connectivity index (χ1) is 13.1. The molecule has 0 saturated heterocycles. The van der Waals surface area contributed by atoms with Gasteiger partial charge in [0.05, 0.1) is 11.8 Å². The van der Waals surface area contributed by atoms with E-state index in [2.05, 4.69) is 10.5 Å². The second-order valence-electron chi connectivity index (χ2n) is 5.71. The van der Waals surface area contributed by atoms with Crippen LogP contribution in [0.4, 0.5) is 0 Å². The molecule has 0 spiro atoms. The van der Waals surface area contributed by atoms with Gasteiger partial charge in [-0.15, -0.1) is 0 Å². The number of nitrogens with zero attached hydrogens (tertiary/aromatic N) is 1. The quantitative estimate of drug-likeness (QED) is 0.463. The van der Waals surface area contributed by atoms with Crippen LogP contribution in [-0.4, -0.2) is 22.3 Å². The number of hydrazone groups is 1. The summed E-state index contributed by atoms with van der Waals surface area (Å²) in [5.41, 5.74) is 3.86. The van der Waals surface area contributed by atoms with Gasteiger partial charge in [-0.3, -0.25) is 4.79 Å². The van der Waals surface area contributed by atoms with Gasteiger partial charge in [0.15, 0.2) is 0 Å². The van der Waals surface area contributed by atoms with Gasteiger partial charge in [-0.05, 0) is 29.8 Å². The second-order valence-corrected chi connectivity index (χ2v) is 5.71. The molecule has 0 aliphatic rings. The van der Waals surface area contributed by atoms with Gasteiger partial charge in [0, 0.05) is 11.6 Å². The minimum absolute atomic E-state index is 0.0267. The van der Waals surface area contributed by atoms with Crippen molar-refractivity contribution in [2.75, 3.05) is 0 Å². The number of rotatable bonds is 6. The summed E-state index contributed by atoms with van der Waals surface area (Å²) in [4.78, 5) is 11.9. The average Bonchev–Trinajstić information content (AvgIpc) is 2.69. The van der Waals surface area contributed by atoms with Crippen LogP contribution in [0.1, 0.15) is 21.5 Å². The van der Waals surface area contributed by atoms with E-state index in [1.807, 2.05) is 30.3 Å². The van der Waals surface area contributed by atoms with E-state index in [1.165, 1.54) is 24.4 Å². The first-order valence-corrected chi connectivity index (χ1v) is 8.24. The van der Waals surface area contributed by atoms with E-state index in [0.717, 1.165) is 5.56 Å². The van der Waals surface area contributed by atoms with Crippen LogP contribution in [-0.2, 0) is 6.61 Å². The second kappa shape index (κ2) is 8.53. The Morgan fingerprint density at radius 3 is 2.44 bits per heavy atom. The number of amides is 1. The van der Waals surface area contributed by atoms with Gasteiger partial charge in [0.1, 0.15) is 23.9 Å². The molecule has 136 valence electrons. The van der Waals surface area contributed by atoms with Crippen LogP contribution in [0.2, 0.25) is 0 Å². The lowest BCUT2D eigenvalue weighted by Crippen LogP contribution is -2.17. The van der Waals surface area contributed by atoms with E-state index in [4.69, 9.17) is 4.74 Å². The standard InChI is InChI=1S/C21H18N2O4/c24-19-9-5-4-8-18(19)21(26)23-22-13-16-10-11-17(12-20(16)25)27-14-15-6-2-1-3-7-15/h1-13,24-25H,14H2,(H,23,26)/b22-13+. The van der Waals surface area contributed by atoms with Crippen molar-refractivity contribution in [2.24, 2.45) is 5.10 Å². The maximum atomic E-state index is 11.9. The fourth-order valence-corrected chi connectivity index (χ4v) is 2.35. The van der Waals surface area contributed by atoms with Crippen molar-refractivity contribution in [3.63, 3.8) is 0 Å². The molecule has 6 nitrogen and oxygen atoms in total. The summed E-state index contributed by atoms with van der Waals surface area (Å²) in [6.07, 6.45) is 1.31. The predicted molar refractivity (Wildman–Crippen MR) is 102 cm³/mol. The number of ether oxygens (including phenoxy) is 1. The van der Waals surface area contributed by atoms with E-state index in [9.17, 15) is 15.0 Å². The SMILES string of the molecule is O=C(N/N=C/c1ccc(OCc2ccccc2)cc1O)c1ccccc1O. The zero-order valence-corrected chi connectivity index (χ0v) is 14.4. The van der Waals surface area contributed by atoms with Crippen LogP contribution in [0.5, 0.6) is 17.2 Å². The number of nitrogens with one attached hydrogen (secondary N) is 1. The Labute approximate surface area is 156 Å². The fourth-order valence-electron chi connectivity index (χ4n) is 2.35. The highest BCUT2D eigenvalue weighted by Crippen LogP contribution is 2.23. The number of carbonyl (C=O) groups is 1. The number of hydrogen-bond donors (Lipinski definition) is 3. The number of para-hydroxylation sites is 1. The Morgan fingerprint density at radius 2 is 1.70 bits per heavy atom. The van der Waals surface area contributed by atoms with Gasteiger partial charge in [-0.2, -0.15) is 5.10 Å². The Hall–Kier alpha value is -3.80. The van der Waals surface area contributed by atoms with Crippen LogP contribution in [0.15, 0.2) is 77.9 Å². The Kier molecular flexibility index (Phi) is 5.69. The average molecular weight is 362 g/mol. The minimum atomic E-state index is -0.549. The lowest BCUT2D eigenvalue weighted by Gasteiger charge is -2.08. The minimum Gasteiger partial charge on any atom is -0.507 e. The molecule has 1 amide bonds. The maximum absolute atomic E-state index is 11.9. The van der Waals surface area contributed by atoms with Crippen LogP contribution in [0.3, 0.4) is 0 Å². The maximum Gasteiger partial charge on any atom is 0.275 e. The monoisotopic (exact) mass is 362 g/mol. The zero-order valence-electron chi connectivity index (χ0n) is 14.4. The number of carbonyl (C=O) groups excluding carboxylic acids is 1. The van der Waals surface area contributed by atoms with E-state index < -0.39 is 5.91 Å². The van der Waals surface area contributed by atoms with Crippen LogP contribution >= 0.6 is 0 Å². The predicted octanol–water partition coefficient (Wildman–Crippen LogP) is 3.44. The zero-order chi connectivity index (χ0) is 19.1. The van der Waals surface area contributed by atoms with Gasteiger partial charge in [0.25, 0.3) is 5.91 Å². The molecule has 0 radical (unpaired) electrons. The van der Waals surface area contributed by atoms with Gasteiger partial charge in [0.2, 0.25) is 0 Å². The third kappa shape index (κ3) is 4.85. The molecule has 3 aromatic carbocycles. The molecule has 6 heteroatoms. The number of phenolic OH excluding ortho intramolecular Hbond substituents is 2. The topological polar surface area (TPSA) is 91.2 Å². The summed E-state index contributed by atoms with van der Waals surface area (Å²) in [7, 11) is 0. The summed E-state index contributed by atoms with van der Waals surface area (Å²) in [6, 6.07) is 20.7. The van der Waals surface area contributed by atoms with Crippen molar-refractivity contribution in [3.8, 4) is 17.2 Å². The number of hydrogen-bond acceptors (Lipinski definition) is 5. The fraction of sp³-hybridized carbons (Fsp3) is 0.0476. The Bertz CT molecular complexity index is 955. The van der Waals surface area contributed by atoms with Crippen molar-refractivity contribution >= 4 is 12.1 Å². The third-order valence-corrected chi connectivity index (χ3v) is 3.77. The number of phenols is 2. The summed E-state index contributed by atoms with van der Waals surface area (Å²) >= 11 is 0. The lowest BCUT2D eigenvalue weighted by atomic mass is 10.2. The van der Waals surface area contributed by atoms with Gasteiger partial charge < -0.3 is 14.9 Å². The highest BCUT2D eigenvalue weighted by atomic mass is 16.5. The van der Waals surface area contributed by atoms with Crippen molar-refractivity contribution < 1.29 is 19.7 Å². The van der Waals surface area contributed by atoms with Crippen LogP contribution in [0.25, 0.3) is 0 Å². The van der Waals surface area contributed by atoms with Crippen molar-refractivity contribution in [1.29, 1.82) is 0 Å². The van der Waals surface area contributed by atoms with Crippen molar-refractivity contribution in [2.45, 2.75) is 6.61 Å². The molecule has 0 aromatic heterocycles. The number of aromatic hydroxyl groups is 2. The van der Waals surface area contributed by atoms with Gasteiger partial charge in [-0.1, -0.05) is 42.5 Å². The number of benzene rings is 3.